The van der Waals surface area contributed by atoms with Gasteiger partial charge in [-0.05, 0) is 51.8 Å². The highest BCUT2D eigenvalue weighted by atomic mass is 16.5. The zero-order valence-electron chi connectivity index (χ0n) is 17.7. The first-order valence-electron chi connectivity index (χ1n) is 10.0. The molecule has 1 aromatic carbocycles. The Kier molecular flexibility index (Phi) is 8.11. The van der Waals surface area contributed by atoms with Crippen molar-refractivity contribution in [3.8, 4) is 11.5 Å². The number of nitrogens with zero attached hydrogens (tertiary/aromatic N) is 1. The molecule has 0 bridgehead atoms. The van der Waals surface area contributed by atoms with Gasteiger partial charge in [-0.3, -0.25) is 9.59 Å². The zero-order chi connectivity index (χ0) is 20.7. The van der Waals surface area contributed by atoms with Gasteiger partial charge in [0.25, 0.3) is 11.8 Å². The summed E-state index contributed by atoms with van der Waals surface area (Å²) in [5.74, 6) is 1.57. The molecule has 28 heavy (non-hydrogen) atoms. The first kappa shape index (κ1) is 22.0. The maximum absolute atomic E-state index is 13.1. The molecule has 0 aliphatic carbocycles. The van der Waals surface area contributed by atoms with E-state index in [1.165, 1.54) is 0 Å². The third kappa shape index (κ3) is 5.61. The van der Waals surface area contributed by atoms with Gasteiger partial charge in [0.15, 0.2) is 13.1 Å². The molecule has 1 aliphatic rings. The molecule has 7 heteroatoms. The summed E-state index contributed by atoms with van der Waals surface area (Å²) in [6.07, 6.45) is 1.84. The molecule has 0 saturated carbocycles. The molecule has 2 amide bonds. The molecule has 0 spiro atoms. The van der Waals surface area contributed by atoms with Crippen LogP contribution in [0.4, 0.5) is 0 Å². The van der Waals surface area contributed by atoms with Crippen LogP contribution in [0.3, 0.4) is 0 Å². The quantitative estimate of drug-likeness (QED) is 0.652. The van der Waals surface area contributed by atoms with E-state index in [1.54, 1.807) is 14.2 Å². The van der Waals surface area contributed by atoms with Gasteiger partial charge in [-0.2, -0.15) is 0 Å². The lowest BCUT2D eigenvalue weighted by atomic mass is 10.0. The summed E-state index contributed by atoms with van der Waals surface area (Å²) < 4.78 is 10.9. The van der Waals surface area contributed by atoms with Crippen LogP contribution in [0.15, 0.2) is 18.2 Å². The highest BCUT2D eigenvalue weighted by Crippen LogP contribution is 2.38. The summed E-state index contributed by atoms with van der Waals surface area (Å²) >= 11 is 0. The normalized spacial score (nSPS) is 17.5. The van der Waals surface area contributed by atoms with Crippen molar-refractivity contribution in [3.05, 3.63) is 23.8 Å². The molecule has 1 unspecified atom stereocenters. The van der Waals surface area contributed by atoms with Crippen molar-refractivity contribution < 1.29 is 24.0 Å². The van der Waals surface area contributed by atoms with Gasteiger partial charge in [-0.25, -0.2) is 0 Å². The van der Waals surface area contributed by atoms with Gasteiger partial charge in [-0.1, -0.05) is 0 Å². The minimum atomic E-state index is -0.0276. The number of benzene rings is 1. The van der Waals surface area contributed by atoms with E-state index in [0.717, 1.165) is 47.9 Å². The highest BCUT2D eigenvalue weighted by molar-refractivity contribution is 5.79. The van der Waals surface area contributed by atoms with E-state index in [2.05, 4.69) is 5.32 Å². The average molecular weight is 393 g/mol. The van der Waals surface area contributed by atoms with E-state index in [1.807, 2.05) is 43.9 Å². The van der Waals surface area contributed by atoms with E-state index < -0.39 is 0 Å². The van der Waals surface area contributed by atoms with Crippen molar-refractivity contribution in [2.45, 2.75) is 45.7 Å². The Morgan fingerprint density at radius 1 is 1.25 bits per heavy atom. The third-order valence-corrected chi connectivity index (χ3v) is 5.13. The Bertz CT molecular complexity index is 678. The number of amides is 2. The van der Waals surface area contributed by atoms with Crippen LogP contribution in [0.2, 0.25) is 0 Å². The van der Waals surface area contributed by atoms with Gasteiger partial charge in [-0.15, -0.1) is 0 Å². The van der Waals surface area contributed by atoms with Crippen LogP contribution < -0.4 is 19.7 Å². The lowest BCUT2D eigenvalue weighted by Crippen LogP contribution is -3.14. The van der Waals surface area contributed by atoms with Crippen molar-refractivity contribution in [2.75, 3.05) is 40.4 Å². The summed E-state index contributed by atoms with van der Waals surface area (Å²) in [5.41, 5.74) is 0.975. The fraction of sp³-hybridized carbons (Fsp3) is 0.619. The van der Waals surface area contributed by atoms with Gasteiger partial charge < -0.3 is 24.6 Å². The lowest BCUT2D eigenvalue weighted by Gasteiger charge is -2.28. The van der Waals surface area contributed by atoms with Gasteiger partial charge in [0.05, 0.1) is 26.8 Å². The van der Waals surface area contributed by atoms with Crippen LogP contribution in [-0.4, -0.2) is 63.2 Å². The summed E-state index contributed by atoms with van der Waals surface area (Å²) in [6.45, 7) is 7.93. The average Bonchev–Trinajstić information content (AvgIpc) is 3.15. The predicted octanol–water partition coefficient (Wildman–Crippen LogP) is 0.797. The zero-order valence-corrected chi connectivity index (χ0v) is 17.7. The number of carbonyl (C=O) groups is 2. The highest BCUT2D eigenvalue weighted by Gasteiger charge is 2.34. The van der Waals surface area contributed by atoms with Gasteiger partial charge in [0.1, 0.15) is 11.5 Å². The Hall–Kier alpha value is -2.28. The molecule has 1 fully saturated rings. The number of ether oxygens (including phenoxy) is 2. The van der Waals surface area contributed by atoms with Crippen molar-refractivity contribution in [1.29, 1.82) is 0 Å². The topological polar surface area (TPSA) is 72.3 Å². The standard InChI is InChI=1S/C21H33N3O4/c1-6-23(13-20(25)22-15(2)3)14-21(26)24-11-7-8-18(24)17-12-16(27-4)9-10-19(17)28-5/h9-10,12,15,18H,6-8,11,13-14H2,1-5H3,(H,22,25)/p+1/t18-/m0/s1. The van der Waals surface area contributed by atoms with Crippen LogP contribution in [0.1, 0.15) is 45.2 Å². The van der Waals surface area contributed by atoms with Crippen molar-refractivity contribution >= 4 is 11.8 Å². The van der Waals surface area contributed by atoms with Crippen LogP contribution in [0.25, 0.3) is 0 Å². The molecule has 2 atom stereocenters. The number of likely N-dealkylation sites (tertiary alicyclic amines) is 1. The second kappa shape index (κ2) is 10.3. The van der Waals surface area contributed by atoms with E-state index >= 15 is 0 Å². The number of quaternary nitrogens is 1. The summed E-state index contributed by atoms with van der Waals surface area (Å²) in [7, 11) is 3.27. The molecular formula is C21H34N3O4+. The summed E-state index contributed by atoms with van der Waals surface area (Å²) in [6, 6.07) is 5.77. The molecule has 156 valence electrons. The number of rotatable bonds is 9. The molecule has 1 heterocycles. The molecule has 0 radical (unpaired) electrons. The summed E-state index contributed by atoms with van der Waals surface area (Å²) in [5, 5.41) is 2.90. The second-order valence-electron chi connectivity index (χ2n) is 7.53. The van der Waals surface area contributed by atoms with Gasteiger partial charge >= 0.3 is 0 Å². The minimum Gasteiger partial charge on any atom is -0.497 e. The fourth-order valence-corrected chi connectivity index (χ4v) is 3.72. The van der Waals surface area contributed by atoms with E-state index in [4.69, 9.17) is 9.47 Å². The first-order valence-corrected chi connectivity index (χ1v) is 10.0. The van der Waals surface area contributed by atoms with E-state index in [-0.39, 0.29) is 23.9 Å². The predicted molar refractivity (Wildman–Crippen MR) is 108 cm³/mol. The van der Waals surface area contributed by atoms with Crippen molar-refractivity contribution in [3.63, 3.8) is 0 Å². The SMILES string of the molecule is CC[NH+](CC(=O)NC(C)C)CC(=O)N1CCC[C@H]1c1cc(OC)ccc1OC. The van der Waals surface area contributed by atoms with Crippen LogP contribution in [0, 0.1) is 0 Å². The van der Waals surface area contributed by atoms with Gasteiger partial charge in [0.2, 0.25) is 0 Å². The Morgan fingerprint density at radius 2 is 2.00 bits per heavy atom. The van der Waals surface area contributed by atoms with Crippen LogP contribution in [0.5, 0.6) is 11.5 Å². The molecule has 1 aromatic rings. The van der Waals surface area contributed by atoms with Crippen LogP contribution >= 0.6 is 0 Å². The third-order valence-electron chi connectivity index (χ3n) is 5.13. The molecule has 0 aromatic heterocycles. The number of methoxy groups -OCH3 is 2. The monoisotopic (exact) mass is 392 g/mol. The maximum Gasteiger partial charge on any atom is 0.278 e. The van der Waals surface area contributed by atoms with Crippen LogP contribution in [-0.2, 0) is 9.59 Å². The minimum absolute atomic E-state index is 0.0212. The number of carbonyl (C=O) groups excluding carboxylic acids is 2. The van der Waals surface area contributed by atoms with Crippen molar-refractivity contribution in [2.24, 2.45) is 0 Å². The maximum atomic E-state index is 13.1. The molecule has 2 N–H and O–H groups in total. The Labute approximate surface area is 168 Å². The lowest BCUT2D eigenvalue weighted by molar-refractivity contribution is -0.882. The number of nitrogens with one attached hydrogen (secondary N) is 2. The number of hydrogen-bond donors (Lipinski definition) is 2. The number of likely N-dealkylation sites (N-methyl/N-ethyl adjacent to an activating group) is 1. The molecule has 7 nitrogen and oxygen atoms in total. The number of hydrogen-bond acceptors (Lipinski definition) is 4. The fourth-order valence-electron chi connectivity index (χ4n) is 3.72. The first-order chi connectivity index (χ1) is 13.4. The summed E-state index contributed by atoms with van der Waals surface area (Å²) in [4.78, 5) is 28.0. The molecular weight excluding hydrogens is 358 g/mol. The molecule has 1 saturated heterocycles. The Balaban J connectivity index is 2.11. The largest absolute Gasteiger partial charge is 0.497 e. The van der Waals surface area contributed by atoms with E-state index in [9.17, 15) is 9.59 Å². The van der Waals surface area contributed by atoms with Crippen molar-refractivity contribution in [1.82, 2.24) is 10.2 Å². The van der Waals surface area contributed by atoms with E-state index in [0.29, 0.717) is 13.1 Å². The molecule has 1 aliphatic heterocycles. The smallest absolute Gasteiger partial charge is 0.278 e. The Morgan fingerprint density at radius 3 is 2.61 bits per heavy atom. The molecule has 2 rings (SSSR count). The van der Waals surface area contributed by atoms with Gasteiger partial charge in [0, 0.05) is 18.2 Å². The second-order valence-corrected chi connectivity index (χ2v) is 7.53.